The van der Waals surface area contributed by atoms with Crippen LogP contribution in [-0.4, -0.2) is 28.6 Å². The van der Waals surface area contributed by atoms with Gasteiger partial charge in [0.25, 0.3) is 5.69 Å². The summed E-state index contributed by atoms with van der Waals surface area (Å²) in [5.41, 5.74) is 1.26. The van der Waals surface area contributed by atoms with E-state index in [2.05, 4.69) is 15.9 Å². The molecular weight excluding hydrogens is 316 g/mol. The van der Waals surface area contributed by atoms with Crippen LogP contribution in [0.3, 0.4) is 0 Å². The molecule has 0 aliphatic heterocycles. The smallest absolute Gasteiger partial charge is 0.323 e. The van der Waals surface area contributed by atoms with Gasteiger partial charge in [-0.15, -0.1) is 0 Å². The van der Waals surface area contributed by atoms with Crippen molar-refractivity contribution in [1.29, 1.82) is 0 Å². The second kappa shape index (κ2) is 5.16. The molecule has 0 saturated heterocycles. The molecule has 1 aliphatic carbocycles. The summed E-state index contributed by atoms with van der Waals surface area (Å²) >= 11 is 3.30. The monoisotopic (exact) mass is 328 g/mol. The molecule has 1 aromatic rings. The number of rotatable bonds is 5. The first kappa shape index (κ1) is 13.8. The van der Waals surface area contributed by atoms with Gasteiger partial charge in [-0.1, -0.05) is 0 Å². The largest absolute Gasteiger partial charge is 0.480 e. The van der Waals surface area contributed by atoms with Crippen LogP contribution in [0.15, 0.2) is 16.6 Å². The van der Waals surface area contributed by atoms with Crippen molar-refractivity contribution in [2.45, 2.75) is 25.8 Å². The maximum atomic E-state index is 10.9. The standard InChI is InChI=1S/C12H13BrN2O4/c1-7-4-11(9(13)5-10(7)15(18)19)14(6-12(16)17)8-2-3-8/h4-5,8H,2-3,6H2,1H3,(H,16,17). The van der Waals surface area contributed by atoms with Gasteiger partial charge in [0.1, 0.15) is 6.54 Å². The lowest BCUT2D eigenvalue weighted by Gasteiger charge is -2.24. The van der Waals surface area contributed by atoms with Crippen molar-refractivity contribution in [1.82, 2.24) is 0 Å². The summed E-state index contributed by atoms with van der Waals surface area (Å²) in [5.74, 6) is -0.908. The van der Waals surface area contributed by atoms with Crippen LogP contribution in [0.5, 0.6) is 0 Å². The topological polar surface area (TPSA) is 83.7 Å². The number of nitrogens with zero attached hydrogens (tertiary/aromatic N) is 2. The van der Waals surface area contributed by atoms with E-state index in [0.29, 0.717) is 15.7 Å². The first-order valence-corrected chi connectivity index (χ1v) is 6.62. The number of hydrogen-bond donors (Lipinski definition) is 1. The van der Waals surface area contributed by atoms with E-state index in [1.54, 1.807) is 17.9 Å². The van der Waals surface area contributed by atoms with E-state index in [-0.39, 0.29) is 18.3 Å². The molecular formula is C12H13BrN2O4. The third-order valence-electron chi connectivity index (χ3n) is 3.06. The summed E-state index contributed by atoms with van der Waals surface area (Å²) in [4.78, 5) is 23.1. The zero-order valence-electron chi connectivity index (χ0n) is 10.3. The van der Waals surface area contributed by atoms with Gasteiger partial charge in [0, 0.05) is 22.1 Å². The molecule has 1 N–H and O–H groups in total. The van der Waals surface area contributed by atoms with Gasteiger partial charge in [-0.2, -0.15) is 0 Å². The first-order valence-electron chi connectivity index (χ1n) is 5.83. The predicted octanol–water partition coefficient (Wildman–Crippen LogP) is 2.72. The Morgan fingerprint density at radius 1 is 1.58 bits per heavy atom. The highest BCUT2D eigenvalue weighted by Crippen LogP contribution is 2.38. The van der Waals surface area contributed by atoms with Gasteiger partial charge >= 0.3 is 5.97 Å². The van der Waals surface area contributed by atoms with E-state index in [1.807, 2.05) is 0 Å². The van der Waals surface area contributed by atoms with Crippen LogP contribution in [0, 0.1) is 17.0 Å². The van der Waals surface area contributed by atoms with Crippen molar-refractivity contribution in [2.75, 3.05) is 11.4 Å². The van der Waals surface area contributed by atoms with Crippen molar-refractivity contribution < 1.29 is 14.8 Å². The fraction of sp³-hybridized carbons (Fsp3) is 0.417. The van der Waals surface area contributed by atoms with E-state index in [0.717, 1.165) is 12.8 Å². The molecule has 0 amide bonds. The number of aliphatic carboxylic acids is 1. The SMILES string of the molecule is Cc1cc(N(CC(=O)O)C2CC2)c(Br)cc1[N+](=O)[O-]. The summed E-state index contributed by atoms with van der Waals surface area (Å²) in [7, 11) is 0. The summed E-state index contributed by atoms with van der Waals surface area (Å²) in [6.45, 7) is 1.56. The number of halogens is 1. The molecule has 0 atom stereocenters. The third kappa shape index (κ3) is 3.04. The molecule has 0 unspecified atom stereocenters. The Balaban J connectivity index is 2.40. The number of carboxylic acid groups (broad SMARTS) is 1. The predicted molar refractivity (Wildman–Crippen MR) is 73.5 cm³/mol. The summed E-state index contributed by atoms with van der Waals surface area (Å²) in [5, 5.41) is 19.8. The minimum Gasteiger partial charge on any atom is -0.480 e. The maximum Gasteiger partial charge on any atom is 0.323 e. The second-order valence-electron chi connectivity index (χ2n) is 4.60. The lowest BCUT2D eigenvalue weighted by molar-refractivity contribution is -0.385. The number of benzene rings is 1. The minimum atomic E-state index is -0.908. The van der Waals surface area contributed by atoms with Crippen molar-refractivity contribution in [3.05, 3.63) is 32.3 Å². The number of carbonyl (C=O) groups is 1. The summed E-state index contributed by atoms with van der Waals surface area (Å²) in [6.07, 6.45) is 1.91. The average molecular weight is 329 g/mol. The lowest BCUT2D eigenvalue weighted by Crippen LogP contribution is -2.32. The highest BCUT2D eigenvalue weighted by Gasteiger charge is 2.32. The zero-order chi connectivity index (χ0) is 14.2. The molecule has 1 aromatic carbocycles. The molecule has 1 saturated carbocycles. The quantitative estimate of drug-likeness (QED) is 0.663. The number of nitro groups is 1. The minimum absolute atomic E-state index is 0.0293. The van der Waals surface area contributed by atoms with Crippen molar-refractivity contribution in [3.8, 4) is 0 Å². The average Bonchev–Trinajstić information content (AvgIpc) is 3.12. The Labute approximate surface area is 118 Å². The maximum absolute atomic E-state index is 10.9. The van der Waals surface area contributed by atoms with Crippen molar-refractivity contribution in [2.24, 2.45) is 0 Å². The second-order valence-corrected chi connectivity index (χ2v) is 5.45. The van der Waals surface area contributed by atoms with Crippen LogP contribution in [0.2, 0.25) is 0 Å². The van der Waals surface area contributed by atoms with Gasteiger partial charge in [-0.25, -0.2) is 0 Å². The Hall–Kier alpha value is -1.63. The van der Waals surface area contributed by atoms with Crippen molar-refractivity contribution >= 4 is 33.3 Å². The number of aryl methyl sites for hydroxylation is 1. The number of hydrogen-bond acceptors (Lipinski definition) is 4. The van der Waals surface area contributed by atoms with Gasteiger partial charge in [-0.3, -0.25) is 14.9 Å². The van der Waals surface area contributed by atoms with Gasteiger partial charge in [0.15, 0.2) is 0 Å². The van der Waals surface area contributed by atoms with Crippen LogP contribution >= 0.6 is 15.9 Å². The fourth-order valence-corrected chi connectivity index (χ4v) is 2.57. The van der Waals surface area contributed by atoms with Crippen LogP contribution in [-0.2, 0) is 4.79 Å². The van der Waals surface area contributed by atoms with Crippen LogP contribution in [0.4, 0.5) is 11.4 Å². The third-order valence-corrected chi connectivity index (χ3v) is 3.70. The molecule has 0 radical (unpaired) electrons. The molecule has 0 spiro atoms. The molecule has 0 aromatic heterocycles. The van der Waals surface area contributed by atoms with Crippen LogP contribution < -0.4 is 4.90 Å². The summed E-state index contributed by atoms with van der Waals surface area (Å²) in [6, 6.07) is 3.32. The Morgan fingerprint density at radius 3 is 2.68 bits per heavy atom. The van der Waals surface area contributed by atoms with Gasteiger partial charge in [0.2, 0.25) is 0 Å². The van der Waals surface area contributed by atoms with Crippen LogP contribution in [0.25, 0.3) is 0 Å². The molecule has 0 bridgehead atoms. The molecule has 1 aliphatic rings. The number of nitro benzene ring substituents is 1. The molecule has 0 heterocycles. The Morgan fingerprint density at radius 2 is 2.21 bits per heavy atom. The number of carboxylic acids is 1. The Kier molecular flexibility index (Phi) is 3.75. The van der Waals surface area contributed by atoms with E-state index in [9.17, 15) is 14.9 Å². The van der Waals surface area contributed by atoms with Crippen molar-refractivity contribution in [3.63, 3.8) is 0 Å². The molecule has 102 valence electrons. The molecule has 7 heteroatoms. The summed E-state index contributed by atoms with van der Waals surface area (Å²) < 4.78 is 0.554. The molecule has 2 rings (SSSR count). The van der Waals surface area contributed by atoms with Gasteiger partial charge in [-0.05, 0) is 41.8 Å². The molecule has 6 nitrogen and oxygen atoms in total. The molecule has 1 fully saturated rings. The van der Waals surface area contributed by atoms with Gasteiger partial charge < -0.3 is 10.0 Å². The number of anilines is 1. The van der Waals surface area contributed by atoms with E-state index < -0.39 is 10.9 Å². The lowest BCUT2D eigenvalue weighted by atomic mass is 10.1. The normalized spacial score (nSPS) is 14.2. The van der Waals surface area contributed by atoms with Crippen LogP contribution in [0.1, 0.15) is 18.4 Å². The molecule has 19 heavy (non-hydrogen) atoms. The van der Waals surface area contributed by atoms with E-state index >= 15 is 0 Å². The zero-order valence-corrected chi connectivity index (χ0v) is 11.9. The van der Waals surface area contributed by atoms with Gasteiger partial charge in [0.05, 0.1) is 10.6 Å². The van der Waals surface area contributed by atoms with E-state index in [1.165, 1.54) is 6.07 Å². The highest BCUT2D eigenvalue weighted by atomic mass is 79.9. The fourth-order valence-electron chi connectivity index (χ4n) is 2.02. The first-order chi connectivity index (χ1) is 8.90. The Bertz CT molecular complexity index is 543. The highest BCUT2D eigenvalue weighted by molar-refractivity contribution is 9.10. The van der Waals surface area contributed by atoms with E-state index in [4.69, 9.17) is 5.11 Å².